The predicted molar refractivity (Wildman–Crippen MR) is 67.5 cm³/mol. The molecular weight excluding hydrogens is 272 g/mol. The summed E-state index contributed by atoms with van der Waals surface area (Å²) in [5.41, 5.74) is 0.834. The van der Waals surface area contributed by atoms with Crippen LogP contribution in [0, 0.1) is 0 Å². The van der Waals surface area contributed by atoms with Gasteiger partial charge in [0.05, 0.1) is 23.7 Å². The molecule has 0 aliphatic carbocycles. The lowest BCUT2D eigenvalue weighted by Gasteiger charge is -2.16. The summed E-state index contributed by atoms with van der Waals surface area (Å²) in [4.78, 5) is 24.6. The second kappa shape index (κ2) is 5.08. The van der Waals surface area contributed by atoms with Gasteiger partial charge in [-0.3, -0.25) is 24.4 Å². The highest BCUT2D eigenvalue weighted by Crippen LogP contribution is 2.27. The standard InChI is InChI=1S/C11H12N2O5S/c14-10-8-3-1-2-4-9(8)13(11(10)15)7-12-5-6-19(16,17)18/h1-4,12H,5-7H2,(H,16,17,18). The molecule has 0 saturated carbocycles. The van der Waals surface area contributed by atoms with Gasteiger partial charge in [0, 0.05) is 6.54 Å². The van der Waals surface area contributed by atoms with Crippen molar-refractivity contribution in [3.8, 4) is 0 Å². The van der Waals surface area contributed by atoms with Crippen LogP contribution in [0.4, 0.5) is 5.69 Å². The van der Waals surface area contributed by atoms with Crippen LogP contribution in [0.5, 0.6) is 0 Å². The van der Waals surface area contributed by atoms with Gasteiger partial charge in [-0.1, -0.05) is 12.1 Å². The van der Waals surface area contributed by atoms with E-state index < -0.39 is 27.6 Å². The van der Waals surface area contributed by atoms with E-state index in [1.807, 2.05) is 0 Å². The molecule has 8 heteroatoms. The van der Waals surface area contributed by atoms with E-state index in [0.717, 1.165) is 0 Å². The van der Waals surface area contributed by atoms with Crippen LogP contribution in [0.25, 0.3) is 0 Å². The van der Waals surface area contributed by atoms with Crippen LogP contribution in [0.1, 0.15) is 10.4 Å². The topological polar surface area (TPSA) is 104 Å². The van der Waals surface area contributed by atoms with Crippen molar-refractivity contribution >= 4 is 27.5 Å². The smallest absolute Gasteiger partial charge is 0.298 e. The Morgan fingerprint density at radius 1 is 1.21 bits per heavy atom. The summed E-state index contributed by atoms with van der Waals surface area (Å²) in [6.07, 6.45) is 0. The van der Waals surface area contributed by atoms with Crippen LogP contribution in [-0.2, 0) is 14.9 Å². The molecule has 0 saturated heterocycles. The molecule has 2 N–H and O–H groups in total. The van der Waals surface area contributed by atoms with Gasteiger partial charge in [-0.2, -0.15) is 8.42 Å². The van der Waals surface area contributed by atoms with E-state index in [1.54, 1.807) is 24.3 Å². The fourth-order valence-electron chi connectivity index (χ4n) is 1.80. The summed E-state index contributed by atoms with van der Waals surface area (Å²) >= 11 is 0. The number of para-hydroxylation sites is 1. The number of Topliss-reactive ketones (excluding diaryl/α,β-unsaturated/α-hetero) is 1. The fraction of sp³-hybridized carbons (Fsp3) is 0.273. The zero-order chi connectivity index (χ0) is 14.0. The Bertz CT molecular complexity index is 626. The number of amides is 1. The number of ketones is 1. The van der Waals surface area contributed by atoms with E-state index in [1.165, 1.54) is 4.90 Å². The molecule has 0 unspecified atom stereocenters. The maximum absolute atomic E-state index is 11.7. The number of fused-ring (bicyclic) bond motifs is 1. The van der Waals surface area contributed by atoms with Gasteiger partial charge in [-0.05, 0) is 12.1 Å². The number of rotatable bonds is 5. The quantitative estimate of drug-likeness (QED) is 0.435. The molecule has 1 aliphatic rings. The predicted octanol–water partition coefficient (Wildman–Crippen LogP) is -0.349. The number of benzene rings is 1. The van der Waals surface area contributed by atoms with E-state index in [9.17, 15) is 18.0 Å². The van der Waals surface area contributed by atoms with Crippen molar-refractivity contribution in [2.24, 2.45) is 0 Å². The third kappa shape index (κ3) is 2.98. The number of nitrogens with zero attached hydrogens (tertiary/aromatic N) is 1. The molecule has 1 aliphatic heterocycles. The minimum Gasteiger partial charge on any atom is -0.298 e. The maximum Gasteiger partial charge on any atom is 0.300 e. The Balaban J connectivity index is 2.02. The van der Waals surface area contributed by atoms with Gasteiger partial charge in [0.2, 0.25) is 0 Å². The Morgan fingerprint density at radius 2 is 1.89 bits per heavy atom. The lowest BCUT2D eigenvalue weighted by Crippen LogP contribution is -2.39. The summed E-state index contributed by atoms with van der Waals surface area (Å²) in [5.74, 6) is -1.68. The molecule has 1 aromatic rings. The van der Waals surface area contributed by atoms with E-state index >= 15 is 0 Å². The lowest BCUT2D eigenvalue weighted by atomic mass is 10.1. The summed E-state index contributed by atoms with van der Waals surface area (Å²) in [5, 5.41) is 2.69. The largest absolute Gasteiger partial charge is 0.300 e. The molecule has 0 fully saturated rings. The summed E-state index contributed by atoms with van der Waals surface area (Å²) in [7, 11) is -4.04. The number of carbonyl (C=O) groups is 2. The zero-order valence-corrected chi connectivity index (χ0v) is 10.7. The normalized spacial score (nSPS) is 14.9. The van der Waals surface area contributed by atoms with Crippen molar-refractivity contribution in [3.63, 3.8) is 0 Å². The maximum atomic E-state index is 11.7. The molecule has 7 nitrogen and oxygen atoms in total. The van der Waals surface area contributed by atoms with Crippen molar-refractivity contribution in [2.75, 3.05) is 23.9 Å². The van der Waals surface area contributed by atoms with Gasteiger partial charge < -0.3 is 0 Å². The molecule has 0 radical (unpaired) electrons. The Labute approximate surface area is 110 Å². The first kappa shape index (κ1) is 13.7. The number of anilines is 1. The Morgan fingerprint density at radius 3 is 2.58 bits per heavy atom. The second-order valence-corrected chi connectivity index (χ2v) is 5.60. The van der Waals surface area contributed by atoms with Gasteiger partial charge in [0.1, 0.15) is 0 Å². The van der Waals surface area contributed by atoms with Crippen molar-refractivity contribution in [1.29, 1.82) is 0 Å². The second-order valence-electron chi connectivity index (χ2n) is 4.02. The average Bonchev–Trinajstić information content (AvgIpc) is 2.58. The lowest BCUT2D eigenvalue weighted by molar-refractivity contribution is -0.114. The molecule has 0 atom stereocenters. The molecule has 102 valence electrons. The summed E-state index contributed by atoms with van der Waals surface area (Å²) < 4.78 is 29.6. The van der Waals surface area contributed by atoms with E-state index in [4.69, 9.17) is 4.55 Å². The Hall–Kier alpha value is -1.77. The van der Waals surface area contributed by atoms with Crippen LogP contribution in [0.2, 0.25) is 0 Å². The number of hydrogen-bond acceptors (Lipinski definition) is 5. The van der Waals surface area contributed by atoms with E-state index in [-0.39, 0.29) is 13.2 Å². The number of nitrogens with one attached hydrogen (secondary N) is 1. The SMILES string of the molecule is O=C1C(=O)N(CNCCS(=O)(=O)O)c2ccccc21. The van der Waals surface area contributed by atoms with Crippen molar-refractivity contribution in [1.82, 2.24) is 5.32 Å². The van der Waals surface area contributed by atoms with E-state index in [2.05, 4.69) is 5.32 Å². The van der Waals surface area contributed by atoms with Crippen LogP contribution in [0.15, 0.2) is 24.3 Å². The first-order valence-corrected chi connectivity index (χ1v) is 7.12. The number of hydrogen-bond donors (Lipinski definition) is 2. The highest BCUT2D eigenvalue weighted by atomic mass is 32.2. The molecule has 19 heavy (non-hydrogen) atoms. The van der Waals surface area contributed by atoms with Gasteiger partial charge in [0.15, 0.2) is 0 Å². The minimum atomic E-state index is -4.04. The third-order valence-corrected chi connectivity index (χ3v) is 3.41. The van der Waals surface area contributed by atoms with E-state index in [0.29, 0.717) is 11.3 Å². The van der Waals surface area contributed by atoms with Crippen molar-refractivity contribution in [2.45, 2.75) is 0 Å². The highest BCUT2D eigenvalue weighted by Gasteiger charge is 2.34. The van der Waals surface area contributed by atoms with Crippen LogP contribution < -0.4 is 10.2 Å². The molecular formula is C11H12N2O5S. The van der Waals surface area contributed by atoms with Crippen LogP contribution >= 0.6 is 0 Å². The molecule has 0 spiro atoms. The highest BCUT2D eigenvalue weighted by molar-refractivity contribution is 7.85. The van der Waals surface area contributed by atoms with Gasteiger partial charge in [-0.25, -0.2) is 0 Å². The minimum absolute atomic E-state index is 0.0110. The molecule has 1 heterocycles. The molecule has 1 amide bonds. The first-order chi connectivity index (χ1) is 8.90. The van der Waals surface area contributed by atoms with Gasteiger partial charge in [0.25, 0.3) is 15.9 Å². The van der Waals surface area contributed by atoms with Gasteiger partial charge in [-0.15, -0.1) is 0 Å². The molecule has 1 aromatic carbocycles. The van der Waals surface area contributed by atoms with Crippen molar-refractivity contribution < 1.29 is 22.6 Å². The molecule has 2 rings (SSSR count). The third-order valence-electron chi connectivity index (χ3n) is 2.69. The molecule has 0 bridgehead atoms. The summed E-state index contributed by atoms with van der Waals surface area (Å²) in [6.45, 7) is -0.00389. The molecule has 0 aromatic heterocycles. The van der Waals surface area contributed by atoms with Crippen LogP contribution in [-0.4, -0.2) is 43.6 Å². The monoisotopic (exact) mass is 284 g/mol. The number of carbonyl (C=O) groups excluding carboxylic acids is 2. The Kier molecular flexibility index (Phi) is 3.65. The van der Waals surface area contributed by atoms with Gasteiger partial charge >= 0.3 is 5.91 Å². The fourth-order valence-corrected chi connectivity index (χ4v) is 2.20. The van der Waals surface area contributed by atoms with Crippen LogP contribution in [0.3, 0.4) is 0 Å². The first-order valence-electron chi connectivity index (χ1n) is 5.51. The van der Waals surface area contributed by atoms with Crippen molar-refractivity contribution in [3.05, 3.63) is 29.8 Å². The average molecular weight is 284 g/mol. The zero-order valence-electron chi connectivity index (χ0n) is 9.87. The summed E-state index contributed by atoms with van der Waals surface area (Å²) in [6, 6.07) is 6.57.